The number of nitrogens with one attached hydrogen (secondary N) is 1. The van der Waals surface area contributed by atoms with Crippen LogP contribution in [0.15, 0.2) is 35.7 Å². The highest BCUT2D eigenvalue weighted by Crippen LogP contribution is 2.24. The van der Waals surface area contributed by atoms with E-state index in [1.807, 2.05) is 53.2 Å². The number of carbonyl (C=O) groups excluding carboxylic acids is 3. The molecule has 2 aliphatic heterocycles. The first-order chi connectivity index (χ1) is 15.0. The first kappa shape index (κ1) is 21.9. The van der Waals surface area contributed by atoms with E-state index in [2.05, 4.69) is 5.32 Å². The van der Waals surface area contributed by atoms with Crippen LogP contribution in [0.5, 0.6) is 0 Å². The molecule has 2 aliphatic rings. The van der Waals surface area contributed by atoms with E-state index in [4.69, 9.17) is 0 Å². The van der Waals surface area contributed by atoms with Crippen molar-refractivity contribution < 1.29 is 14.4 Å². The lowest BCUT2D eigenvalue weighted by atomic mass is 9.96. The van der Waals surface area contributed by atoms with Crippen molar-refractivity contribution in [2.24, 2.45) is 5.92 Å². The molecule has 1 N–H and O–H groups in total. The first-order valence-corrected chi connectivity index (χ1v) is 12.7. The number of nitrogens with zero attached hydrogens (tertiary/aromatic N) is 2. The average Bonchev–Trinajstić information content (AvgIpc) is 3.35. The second-order valence-electron chi connectivity index (χ2n) is 7.99. The number of benzene rings is 1. The summed E-state index contributed by atoms with van der Waals surface area (Å²) in [6.45, 7) is 4.59. The minimum absolute atomic E-state index is 0.00246. The second-order valence-corrected chi connectivity index (χ2v) is 10.2. The molecule has 2 saturated heterocycles. The summed E-state index contributed by atoms with van der Waals surface area (Å²) < 4.78 is 0. The zero-order valence-electron chi connectivity index (χ0n) is 17.6. The van der Waals surface area contributed by atoms with E-state index in [0.29, 0.717) is 23.5 Å². The third kappa shape index (κ3) is 5.13. The van der Waals surface area contributed by atoms with Gasteiger partial charge in [-0.3, -0.25) is 14.4 Å². The van der Waals surface area contributed by atoms with Crippen LogP contribution in [0.1, 0.15) is 38.4 Å². The van der Waals surface area contributed by atoms with Crippen molar-refractivity contribution in [3.8, 4) is 0 Å². The van der Waals surface area contributed by atoms with E-state index < -0.39 is 0 Å². The van der Waals surface area contributed by atoms with Crippen LogP contribution in [0.3, 0.4) is 0 Å². The molecule has 1 aromatic carbocycles. The molecule has 164 valence electrons. The maximum atomic E-state index is 12.9. The van der Waals surface area contributed by atoms with Gasteiger partial charge in [0.1, 0.15) is 0 Å². The van der Waals surface area contributed by atoms with Crippen LogP contribution in [0.2, 0.25) is 0 Å². The number of hydrogen-bond acceptors (Lipinski definition) is 5. The van der Waals surface area contributed by atoms with Crippen LogP contribution in [-0.2, 0) is 4.79 Å². The van der Waals surface area contributed by atoms with Gasteiger partial charge >= 0.3 is 0 Å². The van der Waals surface area contributed by atoms with E-state index in [0.717, 1.165) is 48.7 Å². The van der Waals surface area contributed by atoms with Gasteiger partial charge in [-0.1, -0.05) is 6.07 Å². The summed E-state index contributed by atoms with van der Waals surface area (Å²) in [6.07, 6.45) is 1.58. The molecule has 0 saturated carbocycles. The maximum Gasteiger partial charge on any atom is 0.263 e. The first-order valence-electron chi connectivity index (χ1n) is 10.6. The maximum absolute atomic E-state index is 12.9. The van der Waals surface area contributed by atoms with Crippen LogP contribution in [0, 0.1) is 12.8 Å². The lowest BCUT2D eigenvalue weighted by Crippen LogP contribution is -2.43. The van der Waals surface area contributed by atoms with Gasteiger partial charge in [-0.2, -0.15) is 11.8 Å². The SMILES string of the molecule is Cc1cc(C(=O)N2CCSCC2)ccc1NC(=O)C1CCCN(C(=O)c2cccs2)C1. The standard InChI is InChI=1S/C23H27N3O3S2/c1-16-14-17(22(28)25-9-12-30-13-10-25)6-7-19(16)24-21(27)18-4-2-8-26(15-18)23(29)20-5-3-11-31-20/h3,5-7,11,14,18H,2,4,8-10,12-13,15H2,1H3,(H,24,27). The summed E-state index contributed by atoms with van der Waals surface area (Å²) in [5.74, 6) is 1.71. The fourth-order valence-electron chi connectivity index (χ4n) is 4.05. The Hall–Kier alpha value is -2.32. The van der Waals surface area contributed by atoms with Crippen LogP contribution in [-0.4, -0.2) is 65.2 Å². The topological polar surface area (TPSA) is 69.7 Å². The van der Waals surface area contributed by atoms with Crippen LogP contribution in [0.4, 0.5) is 5.69 Å². The summed E-state index contributed by atoms with van der Waals surface area (Å²) >= 11 is 3.30. The van der Waals surface area contributed by atoms with Gasteiger partial charge in [-0.05, 0) is 55.0 Å². The highest BCUT2D eigenvalue weighted by Gasteiger charge is 2.29. The van der Waals surface area contributed by atoms with Crippen molar-refractivity contribution in [3.63, 3.8) is 0 Å². The Balaban J connectivity index is 1.38. The number of rotatable bonds is 4. The number of likely N-dealkylation sites (tertiary alicyclic amines) is 1. The lowest BCUT2D eigenvalue weighted by Gasteiger charge is -2.32. The summed E-state index contributed by atoms with van der Waals surface area (Å²) in [5, 5.41) is 4.91. The summed E-state index contributed by atoms with van der Waals surface area (Å²) in [4.78, 5) is 42.7. The number of aryl methyl sites for hydroxylation is 1. The molecule has 3 amide bonds. The van der Waals surface area contributed by atoms with Crippen molar-refractivity contribution in [2.45, 2.75) is 19.8 Å². The van der Waals surface area contributed by atoms with Crippen LogP contribution >= 0.6 is 23.1 Å². The number of thioether (sulfide) groups is 1. The molecule has 6 nitrogen and oxygen atoms in total. The second kappa shape index (κ2) is 9.87. The highest BCUT2D eigenvalue weighted by molar-refractivity contribution is 7.99. The summed E-state index contributed by atoms with van der Waals surface area (Å²) in [7, 11) is 0. The Labute approximate surface area is 191 Å². The third-order valence-corrected chi connectivity index (χ3v) is 7.64. The average molecular weight is 458 g/mol. The molecular formula is C23H27N3O3S2. The van der Waals surface area contributed by atoms with Gasteiger partial charge in [0.2, 0.25) is 5.91 Å². The molecule has 3 heterocycles. The molecule has 31 heavy (non-hydrogen) atoms. The number of piperidine rings is 1. The zero-order valence-corrected chi connectivity index (χ0v) is 19.3. The fraction of sp³-hybridized carbons (Fsp3) is 0.435. The van der Waals surface area contributed by atoms with Gasteiger partial charge in [0.25, 0.3) is 11.8 Å². The molecule has 0 aliphatic carbocycles. The summed E-state index contributed by atoms with van der Waals surface area (Å²) in [5.41, 5.74) is 2.25. The van der Waals surface area contributed by atoms with Gasteiger partial charge in [0, 0.05) is 48.9 Å². The largest absolute Gasteiger partial charge is 0.337 e. The van der Waals surface area contributed by atoms with Crippen molar-refractivity contribution in [1.82, 2.24) is 9.80 Å². The molecule has 1 unspecified atom stereocenters. The fourth-order valence-corrected chi connectivity index (χ4v) is 5.65. The predicted molar refractivity (Wildman–Crippen MR) is 126 cm³/mol. The minimum atomic E-state index is -0.232. The van der Waals surface area contributed by atoms with Crippen molar-refractivity contribution in [1.29, 1.82) is 0 Å². The molecule has 1 atom stereocenters. The molecule has 4 rings (SSSR count). The van der Waals surface area contributed by atoms with Gasteiger partial charge < -0.3 is 15.1 Å². The quantitative estimate of drug-likeness (QED) is 0.759. The molecule has 0 spiro atoms. The van der Waals surface area contributed by atoms with Gasteiger partial charge in [-0.25, -0.2) is 0 Å². The van der Waals surface area contributed by atoms with Crippen LogP contribution < -0.4 is 5.32 Å². The van der Waals surface area contributed by atoms with E-state index in [-0.39, 0.29) is 23.6 Å². The number of anilines is 1. The number of carbonyl (C=O) groups is 3. The van der Waals surface area contributed by atoms with E-state index in [1.165, 1.54) is 11.3 Å². The Kier molecular flexibility index (Phi) is 6.97. The highest BCUT2D eigenvalue weighted by atomic mass is 32.2. The number of hydrogen-bond donors (Lipinski definition) is 1. The lowest BCUT2D eigenvalue weighted by molar-refractivity contribution is -0.121. The monoisotopic (exact) mass is 457 g/mol. The molecule has 2 aromatic rings. The normalized spacial score (nSPS) is 19.2. The molecular weight excluding hydrogens is 430 g/mol. The molecule has 0 radical (unpaired) electrons. The van der Waals surface area contributed by atoms with Gasteiger partial charge in [0.15, 0.2) is 0 Å². The van der Waals surface area contributed by atoms with Crippen molar-refractivity contribution in [2.75, 3.05) is 43.0 Å². The number of thiophene rings is 1. The van der Waals surface area contributed by atoms with Crippen molar-refractivity contribution >= 4 is 46.5 Å². The van der Waals surface area contributed by atoms with Gasteiger partial charge in [0.05, 0.1) is 10.8 Å². The van der Waals surface area contributed by atoms with E-state index >= 15 is 0 Å². The molecule has 8 heteroatoms. The molecule has 1 aromatic heterocycles. The van der Waals surface area contributed by atoms with E-state index in [9.17, 15) is 14.4 Å². The Bertz CT molecular complexity index is 955. The van der Waals surface area contributed by atoms with Crippen molar-refractivity contribution in [3.05, 3.63) is 51.7 Å². The molecule has 0 bridgehead atoms. The zero-order chi connectivity index (χ0) is 21.8. The summed E-state index contributed by atoms with van der Waals surface area (Å²) in [6, 6.07) is 9.16. The molecule has 2 fully saturated rings. The Morgan fingerprint density at radius 2 is 1.84 bits per heavy atom. The van der Waals surface area contributed by atoms with E-state index in [1.54, 1.807) is 11.0 Å². The Morgan fingerprint density at radius 3 is 2.55 bits per heavy atom. The third-order valence-electron chi connectivity index (χ3n) is 5.84. The minimum Gasteiger partial charge on any atom is -0.337 e. The Morgan fingerprint density at radius 1 is 1.03 bits per heavy atom. The predicted octanol–water partition coefficient (Wildman–Crippen LogP) is 3.74. The number of amides is 3. The smallest absolute Gasteiger partial charge is 0.263 e. The van der Waals surface area contributed by atoms with Crippen LogP contribution in [0.25, 0.3) is 0 Å². The van der Waals surface area contributed by atoms with Gasteiger partial charge in [-0.15, -0.1) is 11.3 Å².